The molecular formula is C23H33N5O2S. The number of benzene rings is 1. The molecule has 31 heavy (non-hydrogen) atoms. The number of aromatic nitrogens is 3. The number of carbonyl (C=O) groups excluding carboxylic acids is 1. The summed E-state index contributed by atoms with van der Waals surface area (Å²) in [6.07, 6.45) is 6.77. The molecule has 1 aromatic carbocycles. The number of carbonyl (C=O) groups is 1. The van der Waals surface area contributed by atoms with E-state index in [4.69, 9.17) is 4.74 Å². The third-order valence-electron chi connectivity index (χ3n) is 6.03. The van der Waals surface area contributed by atoms with E-state index >= 15 is 0 Å². The van der Waals surface area contributed by atoms with Crippen molar-refractivity contribution in [1.29, 1.82) is 0 Å². The van der Waals surface area contributed by atoms with Crippen LogP contribution in [0.15, 0.2) is 29.4 Å². The van der Waals surface area contributed by atoms with E-state index in [9.17, 15) is 4.79 Å². The van der Waals surface area contributed by atoms with Gasteiger partial charge >= 0.3 is 0 Å². The van der Waals surface area contributed by atoms with Gasteiger partial charge in [0, 0.05) is 52.4 Å². The summed E-state index contributed by atoms with van der Waals surface area (Å²) in [7, 11) is 4.06. The molecule has 0 aliphatic carbocycles. The molecule has 0 saturated carbocycles. The third kappa shape index (κ3) is 5.80. The fourth-order valence-electron chi connectivity index (χ4n) is 4.19. The Kier molecular flexibility index (Phi) is 7.50. The first kappa shape index (κ1) is 22.1. The van der Waals surface area contributed by atoms with Gasteiger partial charge in [-0.25, -0.2) is 0 Å². The summed E-state index contributed by atoms with van der Waals surface area (Å²) in [4.78, 5) is 17.3. The summed E-state index contributed by atoms with van der Waals surface area (Å²) in [6.45, 7) is 3.00. The van der Waals surface area contributed by atoms with Crippen molar-refractivity contribution >= 4 is 23.4 Å². The van der Waals surface area contributed by atoms with E-state index in [0.29, 0.717) is 18.8 Å². The summed E-state index contributed by atoms with van der Waals surface area (Å²) in [6, 6.07) is 8.42. The van der Waals surface area contributed by atoms with Gasteiger partial charge in [-0.05, 0) is 43.4 Å². The lowest BCUT2D eigenvalue weighted by atomic mass is 10.1. The fourth-order valence-corrected chi connectivity index (χ4v) is 5.08. The second-order valence-electron chi connectivity index (χ2n) is 8.62. The maximum absolute atomic E-state index is 13.2. The van der Waals surface area contributed by atoms with Crippen LogP contribution in [0.1, 0.15) is 43.5 Å². The van der Waals surface area contributed by atoms with Crippen LogP contribution in [0.25, 0.3) is 0 Å². The Morgan fingerprint density at radius 3 is 2.74 bits per heavy atom. The summed E-state index contributed by atoms with van der Waals surface area (Å²) in [5.41, 5.74) is 2.29. The van der Waals surface area contributed by atoms with Crippen LogP contribution in [-0.4, -0.2) is 64.7 Å². The molecule has 1 fully saturated rings. The number of fused-ring (bicyclic) bond motifs is 1. The Balaban J connectivity index is 1.41. The van der Waals surface area contributed by atoms with Crippen LogP contribution < -0.4 is 4.90 Å². The zero-order chi connectivity index (χ0) is 21.6. The number of anilines is 1. The molecule has 1 amide bonds. The molecule has 2 aliphatic heterocycles. The smallest absolute Gasteiger partial charge is 0.233 e. The van der Waals surface area contributed by atoms with Crippen LogP contribution in [0.3, 0.4) is 0 Å². The van der Waals surface area contributed by atoms with Gasteiger partial charge in [-0.3, -0.25) is 4.79 Å². The maximum atomic E-state index is 13.2. The van der Waals surface area contributed by atoms with Crippen LogP contribution in [0.2, 0.25) is 0 Å². The normalized spacial score (nSPS) is 18.5. The van der Waals surface area contributed by atoms with E-state index in [0.717, 1.165) is 61.1 Å². The largest absolute Gasteiger partial charge is 0.378 e. The molecule has 1 saturated heterocycles. The highest BCUT2D eigenvalue weighted by atomic mass is 32.2. The molecule has 8 heteroatoms. The third-order valence-corrected chi connectivity index (χ3v) is 6.98. The predicted octanol–water partition coefficient (Wildman–Crippen LogP) is 3.37. The van der Waals surface area contributed by atoms with Crippen LogP contribution in [0.5, 0.6) is 0 Å². The van der Waals surface area contributed by atoms with Gasteiger partial charge in [0.15, 0.2) is 5.16 Å². The van der Waals surface area contributed by atoms with E-state index in [-0.39, 0.29) is 12.0 Å². The average Bonchev–Trinajstić information content (AvgIpc) is 3.36. The Morgan fingerprint density at radius 1 is 1.16 bits per heavy atom. The van der Waals surface area contributed by atoms with Gasteiger partial charge in [-0.1, -0.05) is 30.3 Å². The number of rotatable bonds is 8. The first-order valence-corrected chi connectivity index (χ1v) is 12.3. The first-order chi connectivity index (χ1) is 15.1. The molecule has 0 spiro atoms. The first-order valence-electron chi connectivity index (χ1n) is 11.3. The van der Waals surface area contributed by atoms with Crippen molar-refractivity contribution in [3.63, 3.8) is 0 Å². The number of nitrogens with zero attached hydrogens (tertiary/aromatic N) is 5. The molecule has 0 N–H and O–H groups in total. The molecule has 1 atom stereocenters. The second kappa shape index (κ2) is 10.5. The predicted molar refractivity (Wildman–Crippen MR) is 123 cm³/mol. The van der Waals surface area contributed by atoms with Crippen molar-refractivity contribution in [1.82, 2.24) is 19.7 Å². The minimum Gasteiger partial charge on any atom is -0.378 e. The van der Waals surface area contributed by atoms with E-state index in [2.05, 4.69) is 43.9 Å². The Labute approximate surface area is 189 Å². The van der Waals surface area contributed by atoms with Gasteiger partial charge < -0.3 is 19.1 Å². The molecule has 2 aliphatic rings. The van der Waals surface area contributed by atoms with Crippen LogP contribution in [0.4, 0.5) is 5.69 Å². The quantitative estimate of drug-likeness (QED) is 0.583. The Bertz CT molecular complexity index is 861. The monoisotopic (exact) mass is 443 g/mol. The zero-order valence-electron chi connectivity index (χ0n) is 18.6. The molecule has 168 valence electrons. The molecule has 7 nitrogen and oxygen atoms in total. The topological polar surface area (TPSA) is 63.5 Å². The molecule has 1 aromatic heterocycles. The number of amides is 1. The minimum absolute atomic E-state index is 0.128. The molecular weight excluding hydrogens is 410 g/mol. The Morgan fingerprint density at radius 2 is 2.00 bits per heavy atom. The van der Waals surface area contributed by atoms with Crippen molar-refractivity contribution in [3.8, 4) is 0 Å². The van der Waals surface area contributed by atoms with E-state index < -0.39 is 0 Å². The lowest BCUT2D eigenvalue weighted by Gasteiger charge is -2.26. The van der Waals surface area contributed by atoms with Gasteiger partial charge in [0.1, 0.15) is 5.82 Å². The van der Waals surface area contributed by atoms with Gasteiger partial charge in [0.25, 0.3) is 0 Å². The number of hydrogen-bond donors (Lipinski definition) is 0. The van der Waals surface area contributed by atoms with Crippen molar-refractivity contribution in [3.05, 3.63) is 35.7 Å². The highest BCUT2D eigenvalue weighted by Gasteiger charge is 2.24. The van der Waals surface area contributed by atoms with E-state index in [1.54, 1.807) is 0 Å². The zero-order valence-corrected chi connectivity index (χ0v) is 19.4. The van der Waals surface area contributed by atoms with Crippen LogP contribution in [0, 0.1) is 0 Å². The van der Waals surface area contributed by atoms with Crippen molar-refractivity contribution in [2.24, 2.45) is 0 Å². The summed E-state index contributed by atoms with van der Waals surface area (Å²) >= 11 is 1.51. The summed E-state index contributed by atoms with van der Waals surface area (Å²) in [5.74, 6) is 1.56. The standard InChI is InChI=1S/C23H33N5O2S/c1-26(2)19-11-9-18(10-12-19)15-27(16-20-7-6-14-30-20)22(29)17-31-23-25-24-21-8-4-3-5-13-28(21)23/h9-12,20H,3-8,13-17H2,1-2H3/t20-/m0/s1. The number of ether oxygens (including phenoxy) is 1. The number of aryl methyl sites for hydroxylation is 1. The van der Waals surface area contributed by atoms with Gasteiger partial charge in [-0.15, -0.1) is 10.2 Å². The minimum atomic E-state index is 0.128. The van der Waals surface area contributed by atoms with E-state index in [1.165, 1.54) is 24.6 Å². The average molecular weight is 444 g/mol. The van der Waals surface area contributed by atoms with Crippen LogP contribution in [-0.2, 0) is 29.0 Å². The van der Waals surface area contributed by atoms with Crippen molar-refractivity contribution in [2.45, 2.75) is 62.9 Å². The fraction of sp³-hybridized carbons (Fsp3) is 0.609. The summed E-state index contributed by atoms with van der Waals surface area (Å²) < 4.78 is 8.03. The molecule has 0 radical (unpaired) electrons. The lowest BCUT2D eigenvalue weighted by Crippen LogP contribution is -2.38. The molecule has 2 aromatic rings. The molecule has 3 heterocycles. The lowest BCUT2D eigenvalue weighted by molar-refractivity contribution is -0.130. The molecule has 0 unspecified atom stereocenters. The molecule has 4 rings (SSSR count). The van der Waals surface area contributed by atoms with Crippen molar-refractivity contribution < 1.29 is 9.53 Å². The van der Waals surface area contributed by atoms with E-state index in [1.807, 2.05) is 19.0 Å². The SMILES string of the molecule is CN(C)c1ccc(CN(C[C@@H]2CCCO2)C(=O)CSc2nnc3n2CCCCC3)cc1. The molecule has 0 bridgehead atoms. The number of hydrogen-bond acceptors (Lipinski definition) is 6. The van der Waals surface area contributed by atoms with Crippen molar-refractivity contribution in [2.75, 3.05) is 37.9 Å². The van der Waals surface area contributed by atoms with Gasteiger partial charge in [-0.2, -0.15) is 0 Å². The second-order valence-corrected chi connectivity index (χ2v) is 9.56. The number of thioether (sulfide) groups is 1. The van der Waals surface area contributed by atoms with Gasteiger partial charge in [0.2, 0.25) is 5.91 Å². The summed E-state index contributed by atoms with van der Waals surface area (Å²) in [5, 5.41) is 9.59. The highest BCUT2D eigenvalue weighted by Crippen LogP contribution is 2.23. The highest BCUT2D eigenvalue weighted by molar-refractivity contribution is 7.99. The Hall–Kier alpha value is -2.06. The van der Waals surface area contributed by atoms with Gasteiger partial charge in [0.05, 0.1) is 11.9 Å². The van der Waals surface area contributed by atoms with Crippen LogP contribution >= 0.6 is 11.8 Å². The maximum Gasteiger partial charge on any atom is 0.233 e.